The number of fused-ring (bicyclic) bond motifs is 1. The van der Waals surface area contributed by atoms with Gasteiger partial charge in [-0.15, -0.1) is 0 Å². The lowest BCUT2D eigenvalue weighted by Crippen LogP contribution is -2.42. The van der Waals surface area contributed by atoms with Crippen LogP contribution in [0.4, 0.5) is 5.82 Å². The van der Waals surface area contributed by atoms with Crippen molar-refractivity contribution in [1.29, 1.82) is 0 Å². The minimum atomic E-state index is 0.458. The summed E-state index contributed by atoms with van der Waals surface area (Å²) in [7, 11) is 0. The number of hydrogen-bond donors (Lipinski definition) is 2. The molecule has 1 aromatic carbocycles. The van der Waals surface area contributed by atoms with Crippen molar-refractivity contribution in [2.75, 3.05) is 31.9 Å². The van der Waals surface area contributed by atoms with Crippen LogP contribution in [0.2, 0.25) is 0 Å². The first-order chi connectivity index (χ1) is 18.2. The smallest absolute Gasteiger partial charge is 0.165 e. The molecule has 0 unspecified atom stereocenters. The molecule has 3 N–H and O–H groups in total. The van der Waals surface area contributed by atoms with E-state index >= 15 is 0 Å². The number of pyridine rings is 2. The maximum Gasteiger partial charge on any atom is 0.165 e. The lowest BCUT2D eigenvalue weighted by atomic mass is 10.1. The monoisotopic (exact) mass is 497 g/mol. The van der Waals surface area contributed by atoms with Gasteiger partial charge in [-0.2, -0.15) is 0 Å². The van der Waals surface area contributed by atoms with Crippen molar-refractivity contribution in [2.45, 2.75) is 47.1 Å². The standard InChI is InChI=1S/C28H33N7.C2H6/c1-3-6-21(4-2)24-12-13-25-28(32-24)35(27(33-25)23-7-5-14-31-26(23)29)22-10-8-20(9-11-22)19-34-17-15-30-16-18-34;1-2/h4-5,7-14,30H,3,6,15-19H2,1-2H3,(H2,29,31);1-2H3/b21-4+;. The highest BCUT2D eigenvalue weighted by atomic mass is 15.2. The number of nitrogens with one attached hydrogen (secondary N) is 1. The predicted molar refractivity (Wildman–Crippen MR) is 155 cm³/mol. The van der Waals surface area contributed by atoms with E-state index < -0.39 is 0 Å². The van der Waals surface area contributed by atoms with E-state index in [1.54, 1.807) is 6.20 Å². The fourth-order valence-corrected chi connectivity index (χ4v) is 4.74. The van der Waals surface area contributed by atoms with Crippen molar-refractivity contribution in [2.24, 2.45) is 0 Å². The largest absolute Gasteiger partial charge is 0.383 e. The predicted octanol–water partition coefficient (Wildman–Crippen LogP) is 5.70. The maximum absolute atomic E-state index is 6.28. The molecule has 0 radical (unpaired) electrons. The minimum Gasteiger partial charge on any atom is -0.383 e. The Bertz CT molecular complexity index is 1330. The second-order valence-corrected chi connectivity index (χ2v) is 9.00. The molecule has 0 aliphatic carbocycles. The topological polar surface area (TPSA) is 84.9 Å². The van der Waals surface area contributed by atoms with Crippen LogP contribution in [0, 0.1) is 0 Å². The van der Waals surface area contributed by atoms with Crippen molar-refractivity contribution < 1.29 is 0 Å². The lowest BCUT2D eigenvalue weighted by molar-refractivity contribution is 0.233. The fourth-order valence-electron chi connectivity index (χ4n) is 4.74. The minimum absolute atomic E-state index is 0.458. The van der Waals surface area contributed by atoms with Crippen molar-refractivity contribution >= 4 is 22.6 Å². The Labute approximate surface area is 220 Å². The second-order valence-electron chi connectivity index (χ2n) is 9.00. The third-order valence-electron chi connectivity index (χ3n) is 6.59. The molecule has 0 saturated carbocycles. The Morgan fingerprint density at radius 2 is 1.78 bits per heavy atom. The summed E-state index contributed by atoms with van der Waals surface area (Å²) in [6, 6.07) is 16.7. The van der Waals surface area contributed by atoms with E-state index in [1.807, 2.05) is 26.0 Å². The van der Waals surface area contributed by atoms with E-state index in [0.29, 0.717) is 5.82 Å². The van der Waals surface area contributed by atoms with Crippen LogP contribution >= 0.6 is 0 Å². The summed E-state index contributed by atoms with van der Waals surface area (Å²) in [5.74, 6) is 1.21. The van der Waals surface area contributed by atoms with Gasteiger partial charge in [-0.25, -0.2) is 15.0 Å². The van der Waals surface area contributed by atoms with Crippen LogP contribution in [-0.2, 0) is 6.54 Å². The Morgan fingerprint density at radius 3 is 2.46 bits per heavy atom. The van der Waals surface area contributed by atoms with Gasteiger partial charge in [0.15, 0.2) is 11.5 Å². The molecule has 1 aliphatic heterocycles. The first-order valence-electron chi connectivity index (χ1n) is 13.5. The SMILES string of the molecule is C/C=C(\CCC)c1ccc2nc(-c3cccnc3N)n(-c3ccc(CN4CCNCC4)cc3)c2n1.CC. The van der Waals surface area contributed by atoms with Gasteiger partial charge >= 0.3 is 0 Å². The van der Waals surface area contributed by atoms with E-state index in [4.69, 9.17) is 15.7 Å². The van der Waals surface area contributed by atoms with Crippen LogP contribution in [0.15, 0.2) is 60.8 Å². The summed E-state index contributed by atoms with van der Waals surface area (Å²) in [4.78, 5) is 16.8. The van der Waals surface area contributed by atoms with Crippen LogP contribution in [0.1, 0.15) is 51.8 Å². The van der Waals surface area contributed by atoms with Gasteiger partial charge in [0.1, 0.15) is 11.3 Å². The van der Waals surface area contributed by atoms with Gasteiger partial charge in [-0.1, -0.05) is 45.4 Å². The molecule has 3 aromatic heterocycles. The highest BCUT2D eigenvalue weighted by Gasteiger charge is 2.19. The second kappa shape index (κ2) is 12.6. The summed E-state index contributed by atoms with van der Waals surface area (Å²) >= 11 is 0. The summed E-state index contributed by atoms with van der Waals surface area (Å²) in [5, 5.41) is 3.42. The van der Waals surface area contributed by atoms with E-state index in [-0.39, 0.29) is 0 Å². The van der Waals surface area contributed by atoms with Gasteiger partial charge in [-0.3, -0.25) is 9.47 Å². The Morgan fingerprint density at radius 1 is 1.03 bits per heavy atom. The zero-order valence-corrected chi connectivity index (χ0v) is 22.5. The molecule has 7 nitrogen and oxygen atoms in total. The van der Waals surface area contributed by atoms with Crippen molar-refractivity contribution in [3.8, 4) is 17.1 Å². The van der Waals surface area contributed by atoms with E-state index in [9.17, 15) is 0 Å². The number of hydrogen-bond acceptors (Lipinski definition) is 6. The molecule has 194 valence electrons. The summed E-state index contributed by atoms with van der Waals surface area (Å²) in [6.45, 7) is 13.5. The summed E-state index contributed by atoms with van der Waals surface area (Å²) in [5.41, 5.74) is 13.3. The molecule has 0 atom stereocenters. The van der Waals surface area contributed by atoms with Crippen LogP contribution in [-0.4, -0.2) is 50.6 Å². The molecular formula is C30H39N7. The molecular weight excluding hydrogens is 458 g/mol. The van der Waals surface area contributed by atoms with Crippen LogP contribution in [0.3, 0.4) is 0 Å². The number of anilines is 1. The van der Waals surface area contributed by atoms with Gasteiger partial charge in [-0.05, 0) is 60.9 Å². The Kier molecular flexibility index (Phi) is 9.04. The third kappa shape index (κ3) is 5.89. The Hall–Kier alpha value is -3.55. The number of nitrogens with zero attached hydrogens (tertiary/aromatic N) is 5. The zero-order chi connectivity index (χ0) is 26.2. The molecule has 1 saturated heterocycles. The van der Waals surface area contributed by atoms with Crippen molar-refractivity contribution in [1.82, 2.24) is 29.7 Å². The van der Waals surface area contributed by atoms with Crippen LogP contribution in [0.5, 0.6) is 0 Å². The molecule has 7 heteroatoms. The van der Waals surface area contributed by atoms with E-state index in [0.717, 1.165) is 79.5 Å². The normalized spacial score (nSPS) is 14.4. The van der Waals surface area contributed by atoms with Gasteiger partial charge in [0.25, 0.3) is 0 Å². The molecule has 1 aliphatic rings. The highest BCUT2D eigenvalue weighted by Crippen LogP contribution is 2.31. The summed E-state index contributed by atoms with van der Waals surface area (Å²) < 4.78 is 2.11. The molecule has 0 spiro atoms. The van der Waals surface area contributed by atoms with Crippen LogP contribution in [0.25, 0.3) is 33.8 Å². The molecule has 0 amide bonds. The number of piperazine rings is 1. The molecule has 37 heavy (non-hydrogen) atoms. The van der Waals surface area contributed by atoms with Gasteiger partial charge in [0.2, 0.25) is 0 Å². The summed E-state index contributed by atoms with van der Waals surface area (Å²) in [6.07, 6.45) is 5.93. The number of imidazole rings is 1. The van der Waals surface area contributed by atoms with Gasteiger partial charge in [0.05, 0.1) is 11.3 Å². The van der Waals surface area contributed by atoms with E-state index in [2.05, 4.69) is 76.1 Å². The molecule has 1 fully saturated rings. The third-order valence-corrected chi connectivity index (χ3v) is 6.59. The molecule has 0 bridgehead atoms. The average molecular weight is 498 g/mol. The number of benzene rings is 1. The number of rotatable bonds is 7. The fraction of sp³-hybridized carbons (Fsp3) is 0.367. The lowest BCUT2D eigenvalue weighted by Gasteiger charge is -2.27. The quantitative estimate of drug-likeness (QED) is 0.341. The highest BCUT2D eigenvalue weighted by molar-refractivity contribution is 5.84. The van der Waals surface area contributed by atoms with Gasteiger partial charge in [0, 0.05) is 44.6 Å². The first-order valence-corrected chi connectivity index (χ1v) is 13.5. The average Bonchev–Trinajstić information content (AvgIpc) is 3.32. The number of nitrogens with two attached hydrogens (primary N) is 1. The van der Waals surface area contributed by atoms with Crippen molar-refractivity contribution in [3.05, 3.63) is 72.1 Å². The number of nitrogen functional groups attached to an aromatic ring is 1. The van der Waals surface area contributed by atoms with Gasteiger partial charge < -0.3 is 11.1 Å². The van der Waals surface area contributed by atoms with Crippen molar-refractivity contribution in [3.63, 3.8) is 0 Å². The molecule has 4 heterocycles. The number of allylic oxidation sites excluding steroid dienone is 2. The van der Waals surface area contributed by atoms with E-state index in [1.165, 1.54) is 11.1 Å². The van der Waals surface area contributed by atoms with Crippen LogP contribution < -0.4 is 11.1 Å². The maximum atomic E-state index is 6.28. The molecule has 5 rings (SSSR count). The molecule has 4 aromatic rings. The number of aromatic nitrogens is 4. The zero-order valence-electron chi connectivity index (χ0n) is 22.5. The first kappa shape index (κ1) is 26.5. The Balaban J connectivity index is 0.00000156.